The van der Waals surface area contributed by atoms with Crippen molar-refractivity contribution in [2.75, 3.05) is 13.1 Å². The molecule has 0 aromatic rings. The number of likely N-dealkylation sites (tertiary alicyclic amines) is 1. The molecule has 2 atom stereocenters. The summed E-state index contributed by atoms with van der Waals surface area (Å²) in [5.74, 6) is -0.792. The first kappa shape index (κ1) is 16.3. The van der Waals surface area contributed by atoms with Crippen LogP contribution in [-0.4, -0.2) is 41.3 Å². The van der Waals surface area contributed by atoms with Gasteiger partial charge in [0.1, 0.15) is 0 Å². The van der Waals surface area contributed by atoms with E-state index in [4.69, 9.17) is 0 Å². The number of carbonyl (C=O) groups is 1. The van der Waals surface area contributed by atoms with E-state index in [1.165, 1.54) is 0 Å². The zero-order valence-corrected chi connectivity index (χ0v) is 11.5. The average molecular weight is 281 g/mol. The molecule has 1 rings (SSSR count). The fourth-order valence-electron chi connectivity index (χ4n) is 2.68. The molecular formula is C13H22F3NO2. The van der Waals surface area contributed by atoms with Crippen LogP contribution in [0, 0.1) is 5.41 Å². The van der Waals surface area contributed by atoms with E-state index in [1.54, 1.807) is 0 Å². The van der Waals surface area contributed by atoms with E-state index < -0.39 is 24.0 Å². The number of hydrogen-bond acceptors (Lipinski definition) is 2. The van der Waals surface area contributed by atoms with Gasteiger partial charge in [0.2, 0.25) is 0 Å². The van der Waals surface area contributed by atoms with Gasteiger partial charge < -0.3 is 5.11 Å². The van der Waals surface area contributed by atoms with Crippen LogP contribution in [0.25, 0.3) is 0 Å². The van der Waals surface area contributed by atoms with Crippen molar-refractivity contribution in [3.8, 4) is 0 Å². The molecule has 112 valence electrons. The van der Waals surface area contributed by atoms with E-state index in [-0.39, 0.29) is 12.5 Å². The summed E-state index contributed by atoms with van der Waals surface area (Å²) in [6, 6.07) is 0.00937. The Kier molecular flexibility index (Phi) is 5.24. The maximum atomic E-state index is 12.1. The first-order valence-electron chi connectivity index (χ1n) is 6.74. The predicted octanol–water partition coefficient (Wildman–Crippen LogP) is 3.29. The molecule has 0 amide bonds. The summed E-state index contributed by atoms with van der Waals surface area (Å²) in [5, 5.41) is 9.27. The molecule has 19 heavy (non-hydrogen) atoms. The lowest BCUT2D eigenvalue weighted by atomic mass is 9.84. The molecule has 0 spiro atoms. The lowest BCUT2D eigenvalue weighted by Gasteiger charge is -2.27. The molecule has 1 heterocycles. The van der Waals surface area contributed by atoms with E-state index in [0.29, 0.717) is 32.4 Å². The van der Waals surface area contributed by atoms with Crippen LogP contribution < -0.4 is 0 Å². The van der Waals surface area contributed by atoms with E-state index in [0.717, 1.165) is 0 Å². The number of aliphatic carboxylic acids is 1. The SMILES string of the molecule is CCC1(C(=O)O)CCN(C(C)CCCC(F)(F)F)C1. The van der Waals surface area contributed by atoms with Gasteiger partial charge in [-0.25, -0.2) is 0 Å². The topological polar surface area (TPSA) is 40.5 Å². The van der Waals surface area contributed by atoms with Crippen LogP contribution in [0.15, 0.2) is 0 Å². The molecule has 1 N–H and O–H groups in total. The molecule has 3 nitrogen and oxygen atoms in total. The zero-order valence-electron chi connectivity index (χ0n) is 11.5. The number of hydrogen-bond donors (Lipinski definition) is 1. The fraction of sp³-hybridized carbons (Fsp3) is 0.923. The molecule has 1 aliphatic heterocycles. The minimum absolute atomic E-state index is 0.00937. The molecule has 1 fully saturated rings. The normalized spacial score (nSPS) is 26.6. The van der Waals surface area contributed by atoms with Crippen molar-refractivity contribution in [1.29, 1.82) is 0 Å². The van der Waals surface area contributed by atoms with Crippen LogP contribution in [0.1, 0.15) is 46.0 Å². The highest BCUT2D eigenvalue weighted by molar-refractivity contribution is 5.75. The zero-order chi connectivity index (χ0) is 14.7. The Morgan fingerprint density at radius 3 is 2.53 bits per heavy atom. The molecule has 1 saturated heterocycles. The summed E-state index contributed by atoms with van der Waals surface area (Å²) in [5.41, 5.74) is -0.710. The Bertz CT molecular complexity index is 320. The Balaban J connectivity index is 2.43. The summed E-state index contributed by atoms with van der Waals surface area (Å²) in [4.78, 5) is 13.3. The summed E-state index contributed by atoms with van der Waals surface area (Å²) >= 11 is 0. The average Bonchev–Trinajstić information content (AvgIpc) is 2.72. The number of carboxylic acids is 1. The van der Waals surface area contributed by atoms with Gasteiger partial charge in [-0.15, -0.1) is 0 Å². The second-order valence-electron chi connectivity index (χ2n) is 5.52. The van der Waals surface area contributed by atoms with Gasteiger partial charge in [-0.2, -0.15) is 13.2 Å². The number of nitrogens with zero attached hydrogens (tertiary/aromatic N) is 1. The lowest BCUT2D eigenvalue weighted by molar-refractivity contribution is -0.148. The molecular weight excluding hydrogens is 259 g/mol. The van der Waals surface area contributed by atoms with Crippen LogP contribution in [0.3, 0.4) is 0 Å². The Morgan fingerprint density at radius 2 is 2.11 bits per heavy atom. The standard InChI is InChI=1S/C13H22F3NO2/c1-3-12(11(18)19)7-8-17(9-12)10(2)5-4-6-13(14,15)16/h10H,3-9H2,1-2H3,(H,18,19). The van der Waals surface area contributed by atoms with Gasteiger partial charge in [0.05, 0.1) is 5.41 Å². The summed E-state index contributed by atoms with van der Waals surface area (Å²) in [6.07, 6.45) is -3.15. The minimum Gasteiger partial charge on any atom is -0.481 e. The molecule has 0 aromatic heterocycles. The molecule has 0 aromatic carbocycles. The van der Waals surface area contributed by atoms with Gasteiger partial charge >= 0.3 is 12.1 Å². The van der Waals surface area contributed by atoms with Crippen LogP contribution in [0.4, 0.5) is 13.2 Å². The summed E-state index contributed by atoms with van der Waals surface area (Å²) in [7, 11) is 0. The highest BCUT2D eigenvalue weighted by Crippen LogP contribution is 2.36. The molecule has 0 aliphatic carbocycles. The van der Waals surface area contributed by atoms with E-state index in [2.05, 4.69) is 0 Å². The van der Waals surface area contributed by atoms with Crippen molar-refractivity contribution in [2.45, 2.75) is 58.2 Å². The third-order valence-corrected chi connectivity index (χ3v) is 4.22. The van der Waals surface area contributed by atoms with Crippen molar-refractivity contribution < 1.29 is 23.1 Å². The van der Waals surface area contributed by atoms with Gasteiger partial charge in [0, 0.05) is 19.0 Å². The second kappa shape index (κ2) is 6.11. The monoisotopic (exact) mass is 281 g/mol. The maximum absolute atomic E-state index is 12.1. The van der Waals surface area contributed by atoms with Crippen molar-refractivity contribution in [3.63, 3.8) is 0 Å². The lowest BCUT2D eigenvalue weighted by Crippen LogP contribution is -2.37. The molecule has 1 aliphatic rings. The molecule has 2 unspecified atom stereocenters. The third-order valence-electron chi connectivity index (χ3n) is 4.22. The Hall–Kier alpha value is -0.780. The van der Waals surface area contributed by atoms with Crippen LogP contribution >= 0.6 is 0 Å². The Morgan fingerprint density at radius 1 is 1.47 bits per heavy atom. The van der Waals surface area contributed by atoms with Gasteiger partial charge in [0.15, 0.2) is 0 Å². The highest BCUT2D eigenvalue weighted by atomic mass is 19.4. The largest absolute Gasteiger partial charge is 0.481 e. The predicted molar refractivity (Wildman–Crippen MR) is 65.9 cm³/mol. The first-order chi connectivity index (χ1) is 8.70. The number of rotatable bonds is 6. The van der Waals surface area contributed by atoms with E-state index >= 15 is 0 Å². The maximum Gasteiger partial charge on any atom is 0.389 e. The third kappa shape index (κ3) is 4.37. The fourth-order valence-corrected chi connectivity index (χ4v) is 2.68. The van der Waals surface area contributed by atoms with Crippen molar-refractivity contribution in [1.82, 2.24) is 4.90 Å². The molecule has 6 heteroatoms. The second-order valence-corrected chi connectivity index (χ2v) is 5.52. The van der Waals surface area contributed by atoms with E-state index in [1.807, 2.05) is 18.7 Å². The van der Waals surface area contributed by atoms with Crippen LogP contribution in [0.2, 0.25) is 0 Å². The van der Waals surface area contributed by atoms with Gasteiger partial charge in [0.25, 0.3) is 0 Å². The van der Waals surface area contributed by atoms with Gasteiger partial charge in [-0.05, 0) is 39.2 Å². The van der Waals surface area contributed by atoms with E-state index in [9.17, 15) is 23.1 Å². The quantitative estimate of drug-likeness (QED) is 0.812. The minimum atomic E-state index is -4.10. The molecule has 0 bridgehead atoms. The Labute approximate surface area is 111 Å². The first-order valence-corrected chi connectivity index (χ1v) is 6.74. The van der Waals surface area contributed by atoms with Crippen molar-refractivity contribution in [2.24, 2.45) is 5.41 Å². The summed E-state index contributed by atoms with van der Waals surface area (Å²) in [6.45, 7) is 4.84. The molecule has 0 saturated carbocycles. The number of alkyl halides is 3. The van der Waals surface area contributed by atoms with Gasteiger partial charge in [-0.3, -0.25) is 9.69 Å². The van der Waals surface area contributed by atoms with Crippen LogP contribution in [0.5, 0.6) is 0 Å². The summed E-state index contributed by atoms with van der Waals surface area (Å²) < 4.78 is 36.2. The van der Waals surface area contributed by atoms with Crippen molar-refractivity contribution in [3.05, 3.63) is 0 Å². The van der Waals surface area contributed by atoms with Crippen LogP contribution in [-0.2, 0) is 4.79 Å². The van der Waals surface area contributed by atoms with Gasteiger partial charge in [-0.1, -0.05) is 6.92 Å². The molecule has 0 radical (unpaired) electrons. The number of carboxylic acid groups (broad SMARTS) is 1. The number of halogens is 3. The smallest absolute Gasteiger partial charge is 0.389 e. The highest BCUT2D eigenvalue weighted by Gasteiger charge is 2.44. The van der Waals surface area contributed by atoms with Crippen molar-refractivity contribution >= 4 is 5.97 Å².